The molecule has 0 atom stereocenters. The van der Waals surface area contributed by atoms with Crippen LogP contribution in [0.4, 0.5) is 8.78 Å². The van der Waals surface area contributed by atoms with Gasteiger partial charge in [0.1, 0.15) is 11.6 Å². The Morgan fingerprint density at radius 1 is 0.392 bits per heavy atom. The summed E-state index contributed by atoms with van der Waals surface area (Å²) in [6.45, 7) is 27.6. The highest BCUT2D eigenvalue weighted by atomic mass is 35.5. The predicted molar refractivity (Wildman–Crippen MR) is 222 cm³/mol. The average molecular weight is 713 g/mol. The van der Waals surface area contributed by atoms with E-state index in [-0.39, 0.29) is 11.6 Å². The van der Waals surface area contributed by atoms with Crippen molar-refractivity contribution >= 4 is 11.6 Å². The molecule has 0 saturated carbocycles. The summed E-state index contributed by atoms with van der Waals surface area (Å²) in [6, 6.07) is 37.3. The monoisotopic (exact) mass is 712 g/mol. The van der Waals surface area contributed by atoms with Gasteiger partial charge in [-0.15, -0.1) is 0 Å². The molecule has 0 bridgehead atoms. The number of hydrogen-bond donors (Lipinski definition) is 0. The molecule has 0 aliphatic rings. The summed E-state index contributed by atoms with van der Waals surface area (Å²) in [5.74, 6) is 2.59. The molecule has 0 saturated heterocycles. The largest absolute Gasteiger partial charge is 0.207 e. The lowest BCUT2D eigenvalue weighted by molar-refractivity contribution is 0.616. The van der Waals surface area contributed by atoms with E-state index in [1.54, 1.807) is 6.92 Å². The number of halogens is 3. The van der Waals surface area contributed by atoms with Crippen molar-refractivity contribution in [3.05, 3.63) is 176 Å². The van der Waals surface area contributed by atoms with Crippen LogP contribution in [0.25, 0.3) is 0 Å². The van der Waals surface area contributed by atoms with E-state index in [0.29, 0.717) is 29.6 Å². The standard InChI is InChI=1S/C10H13Cl.C10H13F.C10H14.C9H11F.C9H12/c2*1-7(2)9-4-5-10(11)8(3)6-9;1-8(2)10-6-4-5-9(3)7-10;1-7(2)8-3-5-9(10)6-4-8;1-8(2)9-6-4-3-5-7-9/h2*4-7H,1-3H3;4-8H,1-3H3;3-7H,1-2H3;3-8H,1-2H3. The summed E-state index contributed by atoms with van der Waals surface area (Å²) in [5.41, 5.74) is 9.83. The van der Waals surface area contributed by atoms with Crippen LogP contribution in [-0.4, -0.2) is 0 Å². The molecule has 276 valence electrons. The minimum absolute atomic E-state index is 0.116. The van der Waals surface area contributed by atoms with Gasteiger partial charge in [0, 0.05) is 5.02 Å². The van der Waals surface area contributed by atoms with Crippen LogP contribution in [0.3, 0.4) is 0 Å². The molecule has 3 heteroatoms. The van der Waals surface area contributed by atoms with Gasteiger partial charge in [0.25, 0.3) is 0 Å². The Balaban J connectivity index is 0.000000319. The molecule has 0 N–H and O–H groups in total. The minimum atomic E-state index is -0.163. The van der Waals surface area contributed by atoms with Crippen LogP contribution in [-0.2, 0) is 0 Å². The molecular weight excluding hydrogens is 650 g/mol. The molecule has 0 aliphatic carbocycles. The minimum Gasteiger partial charge on any atom is -0.207 e. The third kappa shape index (κ3) is 18.4. The summed E-state index contributed by atoms with van der Waals surface area (Å²) >= 11 is 5.89. The van der Waals surface area contributed by atoms with Gasteiger partial charge in [0.2, 0.25) is 0 Å². The van der Waals surface area contributed by atoms with Crippen LogP contribution in [0.2, 0.25) is 5.02 Å². The summed E-state index contributed by atoms with van der Waals surface area (Å²) in [7, 11) is 0. The molecule has 0 nitrogen and oxygen atoms in total. The molecular formula is C48H63ClF2. The van der Waals surface area contributed by atoms with Crippen LogP contribution in [0, 0.1) is 32.4 Å². The van der Waals surface area contributed by atoms with Gasteiger partial charge in [-0.2, -0.15) is 0 Å². The van der Waals surface area contributed by atoms with E-state index < -0.39 is 0 Å². The molecule has 0 spiro atoms. The van der Waals surface area contributed by atoms with E-state index in [4.69, 9.17) is 11.6 Å². The highest BCUT2D eigenvalue weighted by Crippen LogP contribution is 2.21. The summed E-state index contributed by atoms with van der Waals surface area (Å²) in [5, 5.41) is 0.856. The van der Waals surface area contributed by atoms with Crippen molar-refractivity contribution in [3.8, 4) is 0 Å². The highest BCUT2D eigenvalue weighted by Gasteiger charge is 2.02. The Bertz CT molecular complexity index is 1610. The van der Waals surface area contributed by atoms with Crippen LogP contribution in [0.1, 0.15) is 143 Å². The van der Waals surface area contributed by atoms with Crippen molar-refractivity contribution in [2.45, 2.75) is 120 Å². The fourth-order valence-corrected chi connectivity index (χ4v) is 4.89. The average Bonchev–Trinajstić information content (AvgIpc) is 3.09. The van der Waals surface area contributed by atoms with Gasteiger partial charge in [-0.3, -0.25) is 0 Å². The molecule has 0 amide bonds. The zero-order valence-corrected chi connectivity index (χ0v) is 34.2. The maximum atomic E-state index is 12.8. The maximum absolute atomic E-state index is 12.8. The first kappa shape index (κ1) is 45.3. The molecule has 0 radical (unpaired) electrons. The lowest BCUT2D eigenvalue weighted by Crippen LogP contribution is -1.89. The number of hydrogen-bond acceptors (Lipinski definition) is 0. The van der Waals surface area contributed by atoms with Gasteiger partial charge >= 0.3 is 0 Å². The maximum Gasteiger partial charge on any atom is 0.126 e. The molecule has 0 fully saturated rings. The Kier molecular flexibility index (Phi) is 21.0. The second-order valence-electron chi connectivity index (χ2n) is 14.7. The smallest absolute Gasteiger partial charge is 0.126 e. The van der Waals surface area contributed by atoms with Crippen LogP contribution >= 0.6 is 11.6 Å². The zero-order valence-electron chi connectivity index (χ0n) is 33.5. The van der Waals surface area contributed by atoms with Crippen LogP contribution in [0.5, 0.6) is 0 Å². The lowest BCUT2D eigenvalue weighted by atomic mass is 10.0. The van der Waals surface area contributed by atoms with Crippen LogP contribution < -0.4 is 0 Å². The summed E-state index contributed by atoms with van der Waals surface area (Å²) in [4.78, 5) is 0. The van der Waals surface area contributed by atoms with E-state index >= 15 is 0 Å². The quantitative estimate of drug-likeness (QED) is 0.170. The van der Waals surface area contributed by atoms with Crippen molar-refractivity contribution in [1.29, 1.82) is 0 Å². The highest BCUT2D eigenvalue weighted by molar-refractivity contribution is 6.31. The van der Waals surface area contributed by atoms with Crippen molar-refractivity contribution < 1.29 is 8.78 Å². The van der Waals surface area contributed by atoms with E-state index in [0.717, 1.165) is 16.1 Å². The Labute approximate surface area is 315 Å². The predicted octanol–water partition coefficient (Wildman–Crippen LogP) is 15.9. The van der Waals surface area contributed by atoms with Gasteiger partial charge in [-0.05, 0) is 114 Å². The second kappa shape index (κ2) is 23.7. The van der Waals surface area contributed by atoms with Gasteiger partial charge in [0.05, 0.1) is 0 Å². The summed E-state index contributed by atoms with van der Waals surface area (Å²) in [6.07, 6.45) is 0. The molecule has 0 heterocycles. The number of benzene rings is 5. The third-order valence-corrected chi connectivity index (χ3v) is 8.83. The Hall–Kier alpha value is -3.75. The SMILES string of the molecule is CC(C)c1ccc(F)cc1.CC(C)c1ccccc1.Cc1cc(C(C)C)ccc1Cl.Cc1cc(C(C)C)ccc1F.Cc1cccc(C(C)C)c1. The van der Waals surface area contributed by atoms with Crippen molar-refractivity contribution in [1.82, 2.24) is 0 Å². The topological polar surface area (TPSA) is 0 Å². The second-order valence-corrected chi connectivity index (χ2v) is 15.1. The van der Waals surface area contributed by atoms with Gasteiger partial charge < -0.3 is 0 Å². The first-order valence-corrected chi connectivity index (χ1v) is 18.7. The lowest BCUT2D eigenvalue weighted by Gasteiger charge is -2.06. The zero-order chi connectivity index (χ0) is 38.7. The Morgan fingerprint density at radius 2 is 0.784 bits per heavy atom. The third-order valence-electron chi connectivity index (χ3n) is 8.41. The van der Waals surface area contributed by atoms with Crippen molar-refractivity contribution in [2.75, 3.05) is 0 Å². The van der Waals surface area contributed by atoms with E-state index in [1.807, 2.05) is 43.3 Å². The van der Waals surface area contributed by atoms with Gasteiger partial charge in [0.15, 0.2) is 0 Å². The molecule has 5 aromatic rings. The molecule has 0 aliphatic heterocycles. The number of rotatable bonds is 5. The molecule has 0 aromatic heterocycles. The first-order chi connectivity index (χ1) is 23.9. The molecule has 51 heavy (non-hydrogen) atoms. The van der Waals surface area contributed by atoms with E-state index in [1.165, 1.54) is 51.6 Å². The van der Waals surface area contributed by atoms with Crippen molar-refractivity contribution in [3.63, 3.8) is 0 Å². The number of aryl methyl sites for hydroxylation is 3. The van der Waals surface area contributed by atoms with Gasteiger partial charge in [-0.1, -0.05) is 177 Å². The fraction of sp³-hybridized carbons (Fsp3) is 0.375. The summed E-state index contributed by atoms with van der Waals surface area (Å²) < 4.78 is 25.1. The molecule has 0 unspecified atom stereocenters. The molecule has 5 aromatic carbocycles. The fourth-order valence-electron chi connectivity index (χ4n) is 4.77. The van der Waals surface area contributed by atoms with Crippen LogP contribution in [0.15, 0.2) is 115 Å². The van der Waals surface area contributed by atoms with Gasteiger partial charge in [-0.25, -0.2) is 8.78 Å². The Morgan fingerprint density at radius 3 is 1.18 bits per heavy atom. The first-order valence-electron chi connectivity index (χ1n) is 18.3. The molecule has 5 rings (SSSR count). The normalized spacial score (nSPS) is 10.5. The van der Waals surface area contributed by atoms with E-state index in [2.05, 4.69) is 137 Å². The van der Waals surface area contributed by atoms with E-state index in [9.17, 15) is 8.78 Å². The van der Waals surface area contributed by atoms with Crippen molar-refractivity contribution in [2.24, 2.45) is 0 Å².